The minimum atomic E-state index is 0.191. The molecule has 15 heavy (non-hydrogen) atoms. The number of aromatic nitrogens is 1. The predicted molar refractivity (Wildman–Crippen MR) is 61.5 cm³/mol. The molecule has 80 valence electrons. The van der Waals surface area contributed by atoms with Gasteiger partial charge in [-0.15, -0.1) is 0 Å². The Balaban J connectivity index is 2.78. The zero-order valence-corrected chi connectivity index (χ0v) is 9.70. The van der Waals surface area contributed by atoms with E-state index in [1.54, 1.807) is 12.3 Å². The molecule has 0 radical (unpaired) electrons. The average Bonchev–Trinajstić information content (AvgIpc) is 2.16. The van der Waals surface area contributed by atoms with Crippen LogP contribution in [-0.4, -0.2) is 11.0 Å². The number of nitrogens with one attached hydrogen (secondary N) is 1. The predicted octanol–water partition coefficient (Wildman–Crippen LogP) is 2.80. The number of hydrogen-bond acceptors (Lipinski definition) is 3. The molecule has 1 rings (SSSR count). The van der Waals surface area contributed by atoms with Crippen molar-refractivity contribution in [1.82, 2.24) is 4.98 Å². The lowest BCUT2D eigenvalue weighted by Crippen LogP contribution is -2.30. The lowest BCUT2D eigenvalue weighted by atomic mass is 9.88. The third-order valence-electron chi connectivity index (χ3n) is 2.56. The molecule has 1 unspecified atom stereocenters. The van der Waals surface area contributed by atoms with Gasteiger partial charge in [0.2, 0.25) is 0 Å². The Morgan fingerprint density at radius 1 is 1.47 bits per heavy atom. The molecular weight excluding hydrogens is 186 g/mol. The van der Waals surface area contributed by atoms with Crippen molar-refractivity contribution in [2.24, 2.45) is 5.41 Å². The highest BCUT2D eigenvalue weighted by Gasteiger charge is 2.19. The maximum absolute atomic E-state index is 8.72. The molecule has 3 heteroatoms. The number of nitriles is 1. The molecule has 0 aromatic carbocycles. The lowest BCUT2D eigenvalue weighted by Gasteiger charge is -2.28. The molecule has 3 nitrogen and oxygen atoms in total. The Morgan fingerprint density at radius 3 is 2.67 bits per heavy atom. The van der Waals surface area contributed by atoms with Gasteiger partial charge in [0, 0.05) is 17.9 Å². The first kappa shape index (κ1) is 11.5. The normalized spacial score (nSPS) is 13.0. The summed E-state index contributed by atoms with van der Waals surface area (Å²) in [6, 6.07) is 6.01. The van der Waals surface area contributed by atoms with Crippen LogP contribution in [0.3, 0.4) is 0 Å². The summed E-state index contributed by atoms with van der Waals surface area (Å²) in [5, 5.41) is 12.1. The molecule has 0 aliphatic heterocycles. The van der Waals surface area contributed by atoms with E-state index in [2.05, 4.69) is 38.0 Å². The number of anilines is 1. The van der Waals surface area contributed by atoms with Crippen LogP contribution in [0.4, 0.5) is 5.69 Å². The van der Waals surface area contributed by atoms with E-state index in [1.165, 1.54) is 0 Å². The zero-order valence-electron chi connectivity index (χ0n) is 9.70. The molecule has 0 spiro atoms. The van der Waals surface area contributed by atoms with Crippen LogP contribution < -0.4 is 5.32 Å². The minimum Gasteiger partial charge on any atom is -0.382 e. The van der Waals surface area contributed by atoms with Crippen molar-refractivity contribution >= 4 is 5.69 Å². The molecule has 0 saturated carbocycles. The molecule has 1 atom stereocenters. The van der Waals surface area contributed by atoms with Gasteiger partial charge in [0.1, 0.15) is 11.8 Å². The van der Waals surface area contributed by atoms with Crippen LogP contribution in [0.15, 0.2) is 18.3 Å². The number of pyridine rings is 1. The fraction of sp³-hybridized carbons (Fsp3) is 0.500. The first-order valence-corrected chi connectivity index (χ1v) is 5.06. The summed E-state index contributed by atoms with van der Waals surface area (Å²) in [6.45, 7) is 8.66. The molecule has 0 amide bonds. The molecule has 0 fully saturated rings. The van der Waals surface area contributed by atoms with Crippen molar-refractivity contribution in [1.29, 1.82) is 5.26 Å². The summed E-state index contributed by atoms with van der Waals surface area (Å²) >= 11 is 0. The van der Waals surface area contributed by atoms with Crippen molar-refractivity contribution in [2.45, 2.75) is 33.7 Å². The Labute approximate surface area is 91.1 Å². The van der Waals surface area contributed by atoms with Crippen LogP contribution in [0.1, 0.15) is 33.4 Å². The molecule has 0 aliphatic carbocycles. The third kappa shape index (κ3) is 3.25. The van der Waals surface area contributed by atoms with Gasteiger partial charge in [-0.3, -0.25) is 0 Å². The molecule has 1 aromatic rings. The molecule has 0 bridgehead atoms. The SMILES string of the molecule is CC(Nc1ccnc(C#N)c1)C(C)(C)C. The quantitative estimate of drug-likeness (QED) is 0.804. The largest absolute Gasteiger partial charge is 0.382 e. The van der Waals surface area contributed by atoms with Crippen molar-refractivity contribution < 1.29 is 0 Å². The van der Waals surface area contributed by atoms with E-state index in [4.69, 9.17) is 5.26 Å². The highest BCUT2D eigenvalue weighted by molar-refractivity contribution is 5.46. The fourth-order valence-corrected chi connectivity index (χ4v) is 1.05. The molecule has 0 saturated heterocycles. The van der Waals surface area contributed by atoms with Crippen LogP contribution in [0.25, 0.3) is 0 Å². The monoisotopic (exact) mass is 203 g/mol. The summed E-state index contributed by atoms with van der Waals surface area (Å²) in [4.78, 5) is 3.93. The number of nitrogens with zero attached hydrogens (tertiary/aromatic N) is 2. The van der Waals surface area contributed by atoms with E-state index in [9.17, 15) is 0 Å². The van der Waals surface area contributed by atoms with Crippen LogP contribution in [0.2, 0.25) is 0 Å². The summed E-state index contributed by atoms with van der Waals surface area (Å²) < 4.78 is 0. The highest BCUT2D eigenvalue weighted by atomic mass is 14.9. The van der Waals surface area contributed by atoms with Gasteiger partial charge in [0.25, 0.3) is 0 Å². The fourth-order valence-electron chi connectivity index (χ4n) is 1.05. The van der Waals surface area contributed by atoms with Gasteiger partial charge >= 0.3 is 0 Å². The number of rotatable bonds is 2. The van der Waals surface area contributed by atoms with Crippen LogP contribution in [-0.2, 0) is 0 Å². The second-order valence-corrected chi connectivity index (χ2v) is 4.77. The smallest absolute Gasteiger partial charge is 0.142 e. The van der Waals surface area contributed by atoms with E-state index in [1.807, 2.05) is 12.1 Å². The van der Waals surface area contributed by atoms with Crippen molar-refractivity contribution in [3.8, 4) is 6.07 Å². The van der Waals surface area contributed by atoms with Gasteiger partial charge in [-0.05, 0) is 24.5 Å². The van der Waals surface area contributed by atoms with E-state index in [0.717, 1.165) is 5.69 Å². The van der Waals surface area contributed by atoms with E-state index in [-0.39, 0.29) is 5.41 Å². The molecule has 1 heterocycles. The highest BCUT2D eigenvalue weighted by Crippen LogP contribution is 2.22. The Hall–Kier alpha value is -1.56. The van der Waals surface area contributed by atoms with E-state index < -0.39 is 0 Å². The minimum absolute atomic E-state index is 0.191. The van der Waals surface area contributed by atoms with Gasteiger partial charge in [-0.25, -0.2) is 4.98 Å². The Kier molecular flexibility index (Phi) is 3.31. The third-order valence-corrected chi connectivity index (χ3v) is 2.56. The average molecular weight is 203 g/mol. The van der Waals surface area contributed by atoms with Crippen LogP contribution >= 0.6 is 0 Å². The molecule has 1 aromatic heterocycles. The van der Waals surface area contributed by atoms with E-state index in [0.29, 0.717) is 11.7 Å². The lowest BCUT2D eigenvalue weighted by molar-refractivity contribution is 0.359. The first-order valence-electron chi connectivity index (χ1n) is 5.06. The van der Waals surface area contributed by atoms with Gasteiger partial charge in [0.05, 0.1) is 0 Å². The second-order valence-electron chi connectivity index (χ2n) is 4.77. The van der Waals surface area contributed by atoms with Gasteiger partial charge in [-0.2, -0.15) is 5.26 Å². The summed E-state index contributed by atoms with van der Waals surface area (Å²) in [5.41, 5.74) is 1.58. The van der Waals surface area contributed by atoms with Crippen LogP contribution in [0.5, 0.6) is 0 Å². The maximum Gasteiger partial charge on any atom is 0.142 e. The first-order chi connectivity index (χ1) is 6.93. The molecule has 1 N–H and O–H groups in total. The standard InChI is InChI=1S/C12H17N3/c1-9(12(2,3)4)15-10-5-6-14-11(7-10)8-13/h5-7,9H,1-4H3,(H,14,15). The maximum atomic E-state index is 8.72. The van der Waals surface area contributed by atoms with Gasteiger partial charge in [-0.1, -0.05) is 20.8 Å². The zero-order chi connectivity index (χ0) is 11.5. The topological polar surface area (TPSA) is 48.7 Å². The Bertz CT molecular complexity index is 371. The molecule has 0 aliphatic rings. The van der Waals surface area contributed by atoms with E-state index >= 15 is 0 Å². The van der Waals surface area contributed by atoms with Gasteiger partial charge in [0.15, 0.2) is 0 Å². The molecular formula is C12H17N3. The summed E-state index contributed by atoms with van der Waals surface area (Å²) in [6.07, 6.45) is 1.65. The van der Waals surface area contributed by atoms with Crippen molar-refractivity contribution in [2.75, 3.05) is 5.32 Å². The Morgan fingerprint density at radius 2 is 2.13 bits per heavy atom. The van der Waals surface area contributed by atoms with Crippen molar-refractivity contribution in [3.05, 3.63) is 24.0 Å². The second kappa shape index (κ2) is 4.31. The van der Waals surface area contributed by atoms with Crippen molar-refractivity contribution in [3.63, 3.8) is 0 Å². The summed E-state index contributed by atoms with van der Waals surface area (Å²) in [5.74, 6) is 0. The number of hydrogen-bond donors (Lipinski definition) is 1. The van der Waals surface area contributed by atoms with Gasteiger partial charge < -0.3 is 5.32 Å². The summed E-state index contributed by atoms with van der Waals surface area (Å²) in [7, 11) is 0. The van der Waals surface area contributed by atoms with Crippen LogP contribution in [0, 0.1) is 16.7 Å².